The van der Waals surface area contributed by atoms with Crippen LogP contribution in [0.3, 0.4) is 0 Å². The van der Waals surface area contributed by atoms with Gasteiger partial charge in [0.15, 0.2) is 12.2 Å². The molecule has 1 aromatic heterocycles. The lowest BCUT2D eigenvalue weighted by molar-refractivity contribution is -0.164. The molecule has 0 radical (unpaired) electrons. The van der Waals surface area contributed by atoms with Crippen molar-refractivity contribution in [2.75, 3.05) is 26.4 Å². The lowest BCUT2D eigenvalue weighted by Crippen LogP contribution is -2.74. The third-order valence-corrected chi connectivity index (χ3v) is 12.7. The molecule has 4 aromatic rings. The van der Waals surface area contributed by atoms with E-state index < -0.39 is 52.2 Å². The van der Waals surface area contributed by atoms with Crippen molar-refractivity contribution < 1.29 is 42.9 Å². The van der Waals surface area contributed by atoms with Gasteiger partial charge in [-0.3, -0.25) is 24.1 Å². The van der Waals surface area contributed by atoms with Crippen LogP contribution in [-0.2, 0) is 25.7 Å². The van der Waals surface area contributed by atoms with E-state index in [0.717, 1.165) is 23.3 Å². The number of nitriles is 1. The summed E-state index contributed by atoms with van der Waals surface area (Å²) in [5, 5.41) is 28.7. The van der Waals surface area contributed by atoms with Gasteiger partial charge in [0.2, 0.25) is 11.8 Å². The van der Waals surface area contributed by atoms with Crippen LogP contribution in [0.5, 0.6) is 11.5 Å². The van der Waals surface area contributed by atoms with Gasteiger partial charge < -0.3 is 39.7 Å². The van der Waals surface area contributed by atoms with E-state index in [9.17, 15) is 29.5 Å². The summed E-state index contributed by atoms with van der Waals surface area (Å²) < 4.78 is 23.3. The highest BCUT2D eigenvalue weighted by molar-refractivity contribution is 6.31. The van der Waals surface area contributed by atoms with E-state index in [4.69, 9.17) is 30.2 Å². The quantitative estimate of drug-likeness (QED) is 0.0713. The fraction of sp³-hybridized carbons (Fsp3) is 0.480. The van der Waals surface area contributed by atoms with E-state index in [-0.39, 0.29) is 44.2 Å². The summed E-state index contributed by atoms with van der Waals surface area (Å²) in [6.07, 6.45) is 4.38. The first-order valence-corrected chi connectivity index (χ1v) is 22.7. The van der Waals surface area contributed by atoms with Gasteiger partial charge >= 0.3 is 0 Å². The van der Waals surface area contributed by atoms with Crippen molar-refractivity contribution in [2.45, 2.75) is 111 Å². The smallest absolute Gasteiger partial charge is 0.252 e. The molecule has 16 heteroatoms. The number of amides is 4. The number of halogens is 1. The number of unbranched alkanes of at least 4 members (excludes halogenated alkanes) is 2. The first kappa shape index (κ1) is 49.6. The van der Waals surface area contributed by atoms with Crippen LogP contribution in [0, 0.1) is 27.6 Å². The molecule has 4 N–H and O–H groups in total. The Morgan fingerprint density at radius 1 is 0.985 bits per heavy atom. The Kier molecular flexibility index (Phi) is 16.0. The lowest BCUT2D eigenvalue weighted by atomic mass is 9.49. The molecule has 1 saturated carbocycles. The first-order chi connectivity index (χ1) is 31.3. The zero-order valence-electron chi connectivity index (χ0n) is 38.7. The Balaban J connectivity index is 0.916. The maximum atomic E-state index is 14.3. The number of ether oxygens (including phenoxy) is 3. The minimum absolute atomic E-state index is 0.0380. The molecule has 2 heterocycles. The zero-order valence-corrected chi connectivity index (χ0v) is 39.4. The zero-order chi connectivity index (χ0) is 47.8. The lowest BCUT2D eigenvalue weighted by Gasteiger charge is -2.63. The van der Waals surface area contributed by atoms with Gasteiger partial charge in [-0.25, -0.2) is 4.98 Å². The van der Waals surface area contributed by atoms with Gasteiger partial charge in [0.05, 0.1) is 42.1 Å². The molecule has 6 rings (SSSR count). The molecule has 1 aliphatic heterocycles. The number of carbonyl (C=O) groups is 4. The van der Waals surface area contributed by atoms with E-state index in [1.165, 1.54) is 6.39 Å². The Morgan fingerprint density at radius 3 is 2.27 bits per heavy atom. The average molecular weight is 926 g/mol. The second-order valence-corrected chi connectivity index (χ2v) is 19.7. The number of nitrogens with zero attached hydrogens (tertiary/aromatic N) is 3. The monoisotopic (exact) mass is 924 g/mol. The van der Waals surface area contributed by atoms with Gasteiger partial charge in [-0.1, -0.05) is 84.3 Å². The normalized spacial score (nSPS) is 20.0. The van der Waals surface area contributed by atoms with E-state index in [2.05, 4.69) is 54.7 Å². The third-order valence-electron chi connectivity index (χ3n) is 12.3. The first-order valence-electron chi connectivity index (χ1n) is 22.3. The Morgan fingerprint density at radius 2 is 1.67 bits per heavy atom. The maximum Gasteiger partial charge on any atom is 0.252 e. The third kappa shape index (κ3) is 12.0. The van der Waals surface area contributed by atoms with Crippen LogP contribution in [0.2, 0.25) is 5.02 Å². The van der Waals surface area contributed by atoms with Crippen molar-refractivity contribution in [3.63, 3.8) is 0 Å². The summed E-state index contributed by atoms with van der Waals surface area (Å²) in [7, 11) is 0. The Bertz CT molecular complexity index is 2340. The largest absolute Gasteiger partial charge is 0.494 e. The minimum atomic E-state index is -1.05. The molecule has 0 spiro atoms. The molecule has 3 aromatic carbocycles. The number of rotatable bonds is 19. The number of nitrogens with one attached hydrogen (secondary N) is 3. The number of carbonyl (C=O) groups excluding carboxylic acids is 4. The summed E-state index contributed by atoms with van der Waals surface area (Å²) in [6, 6.07) is 19.4. The van der Waals surface area contributed by atoms with Crippen LogP contribution in [0.25, 0.3) is 11.3 Å². The Labute approximate surface area is 391 Å². The molecule has 2 aliphatic rings. The van der Waals surface area contributed by atoms with Crippen LogP contribution in [-0.4, -0.2) is 95.3 Å². The maximum absolute atomic E-state index is 14.3. The number of aliphatic hydroxyl groups excluding tert-OH is 1. The van der Waals surface area contributed by atoms with Gasteiger partial charge in [0, 0.05) is 47.2 Å². The van der Waals surface area contributed by atoms with E-state index in [1.54, 1.807) is 60.8 Å². The summed E-state index contributed by atoms with van der Waals surface area (Å²) in [5.74, 6) is 0.0767. The standard InChI is InChI=1S/C50H61ClN6O9/c1-48(2,3)42(45(62)57(44(61)39-23-35(58)26-54-39)28-31-11-13-32(14-12-31)40-27-53-30-65-40)55-41(59)29-63-21-9-8-10-22-64-36-18-15-33(16-19-36)43(60)56-46-49(4,5)47(50(46,6)7)66-37-20-17-34(25-52)38(51)24-37/h11-20,24,27,30,35,39,42,46-47,54,58H,8-10,21-23,26,28-29H2,1-7H3,(H,55,59)(H,56,60)/t35-,39+,42?,46?,47?/m1/s1. The summed E-state index contributed by atoms with van der Waals surface area (Å²) in [4.78, 5) is 59.7. The van der Waals surface area contributed by atoms with Crippen molar-refractivity contribution in [2.24, 2.45) is 16.2 Å². The summed E-state index contributed by atoms with van der Waals surface area (Å²) >= 11 is 6.23. The second-order valence-electron chi connectivity index (χ2n) is 19.3. The average Bonchev–Trinajstić information content (AvgIpc) is 3.99. The van der Waals surface area contributed by atoms with Crippen molar-refractivity contribution in [3.8, 4) is 28.9 Å². The van der Waals surface area contributed by atoms with Gasteiger partial charge in [-0.15, -0.1) is 0 Å². The number of benzene rings is 3. The van der Waals surface area contributed by atoms with Crippen molar-refractivity contribution in [1.29, 1.82) is 5.26 Å². The number of hydrogen-bond donors (Lipinski definition) is 4. The number of aromatic nitrogens is 1. The molecular formula is C50H61ClN6O9. The van der Waals surface area contributed by atoms with Gasteiger partial charge in [0.25, 0.3) is 11.8 Å². The fourth-order valence-electron chi connectivity index (χ4n) is 9.03. The fourth-order valence-corrected chi connectivity index (χ4v) is 9.24. The highest BCUT2D eigenvalue weighted by Gasteiger charge is 2.64. The van der Waals surface area contributed by atoms with Crippen molar-refractivity contribution in [1.82, 2.24) is 25.8 Å². The van der Waals surface area contributed by atoms with Gasteiger partial charge in [-0.05, 0) is 73.1 Å². The van der Waals surface area contributed by atoms with Crippen LogP contribution >= 0.6 is 11.6 Å². The molecule has 2 fully saturated rings. The summed E-state index contributed by atoms with van der Waals surface area (Å²) in [5.41, 5.74) is 0.826. The van der Waals surface area contributed by atoms with Crippen LogP contribution < -0.4 is 25.4 Å². The van der Waals surface area contributed by atoms with Crippen molar-refractivity contribution in [3.05, 3.63) is 101 Å². The number of oxazole rings is 1. The van der Waals surface area contributed by atoms with Crippen LogP contribution in [0.15, 0.2) is 83.7 Å². The predicted molar refractivity (Wildman–Crippen MR) is 247 cm³/mol. The van der Waals surface area contributed by atoms with Gasteiger partial charge in [0.1, 0.15) is 36.3 Å². The predicted octanol–water partition coefficient (Wildman–Crippen LogP) is 6.85. The number of hydrogen-bond acceptors (Lipinski definition) is 12. The molecule has 1 unspecified atom stereocenters. The molecule has 0 bridgehead atoms. The van der Waals surface area contributed by atoms with Crippen LogP contribution in [0.4, 0.5) is 0 Å². The van der Waals surface area contributed by atoms with Crippen LogP contribution in [0.1, 0.15) is 95.6 Å². The molecule has 66 heavy (non-hydrogen) atoms. The number of imide groups is 1. The highest BCUT2D eigenvalue weighted by atomic mass is 35.5. The minimum Gasteiger partial charge on any atom is -0.494 e. The molecule has 4 amide bonds. The molecule has 1 saturated heterocycles. The molecule has 15 nitrogen and oxygen atoms in total. The topological polar surface area (TPSA) is 205 Å². The molecule has 352 valence electrons. The number of β-amino-alcohol motifs (C(OH)–C–C–N with tert-alkyl or cyclic N) is 1. The van der Waals surface area contributed by atoms with Gasteiger partial charge in [-0.2, -0.15) is 5.26 Å². The second kappa shape index (κ2) is 21.2. The van der Waals surface area contributed by atoms with Crippen molar-refractivity contribution >= 4 is 35.2 Å². The SMILES string of the molecule is CC(C)(C)C(NC(=O)COCCCCCOc1ccc(C(=O)NC2C(C)(C)C(Oc3ccc(C#N)c(Cl)c3)C2(C)C)cc1)C(=O)N(Cc1ccc(-c2cnco2)cc1)C(=O)[C@@H]1C[C@@H](O)CN1. The highest BCUT2D eigenvalue weighted by Crippen LogP contribution is 2.55. The molecule has 1 aliphatic carbocycles. The van der Waals surface area contributed by atoms with E-state index in [1.807, 2.05) is 32.9 Å². The molecule has 3 atom stereocenters. The Hall–Kier alpha value is -5.79. The van der Waals surface area contributed by atoms with E-state index >= 15 is 0 Å². The van der Waals surface area contributed by atoms with E-state index in [0.29, 0.717) is 58.6 Å². The molecular weight excluding hydrogens is 864 g/mol. The number of aliphatic hydroxyl groups is 1. The summed E-state index contributed by atoms with van der Waals surface area (Å²) in [6.45, 7) is 14.4.